The van der Waals surface area contributed by atoms with Gasteiger partial charge in [0, 0.05) is 29.2 Å². The van der Waals surface area contributed by atoms with Crippen LogP contribution in [0.3, 0.4) is 0 Å². The van der Waals surface area contributed by atoms with Crippen molar-refractivity contribution in [3.63, 3.8) is 0 Å². The van der Waals surface area contributed by atoms with E-state index in [1.54, 1.807) is 0 Å². The monoisotopic (exact) mass is 373 g/mol. The van der Waals surface area contributed by atoms with Gasteiger partial charge >= 0.3 is 0 Å². The van der Waals surface area contributed by atoms with Gasteiger partial charge in [-0.25, -0.2) is 0 Å². The summed E-state index contributed by atoms with van der Waals surface area (Å²) in [5.74, 6) is 0.127. The van der Waals surface area contributed by atoms with Crippen molar-refractivity contribution in [1.29, 1.82) is 0 Å². The fourth-order valence-corrected chi connectivity index (χ4v) is 4.37. The Hall–Kier alpha value is -1.85. The molecule has 1 amide bonds. The van der Waals surface area contributed by atoms with E-state index in [0.717, 1.165) is 49.8 Å². The van der Waals surface area contributed by atoms with Gasteiger partial charge in [-0.2, -0.15) is 5.10 Å². The summed E-state index contributed by atoms with van der Waals surface area (Å²) in [5, 5.41) is 8.31. The molecule has 1 aliphatic heterocycles. The molecule has 0 radical (unpaired) electrons. The number of hydrogen-bond donors (Lipinski definition) is 1. The lowest BCUT2D eigenvalue weighted by atomic mass is 9.78. The van der Waals surface area contributed by atoms with Gasteiger partial charge in [0.25, 0.3) is 0 Å². The molecular formula is C20H24ClN3O2. The molecule has 6 heteroatoms. The van der Waals surface area contributed by atoms with Crippen LogP contribution in [0.15, 0.2) is 30.5 Å². The summed E-state index contributed by atoms with van der Waals surface area (Å²) >= 11 is 6.02. The lowest BCUT2D eigenvalue weighted by molar-refractivity contribution is -0.126. The maximum Gasteiger partial charge on any atom is 0.230 e. The molecule has 1 aromatic carbocycles. The Labute approximate surface area is 158 Å². The van der Waals surface area contributed by atoms with Crippen molar-refractivity contribution < 1.29 is 9.53 Å². The fraction of sp³-hybridized carbons (Fsp3) is 0.500. The molecule has 4 rings (SSSR count). The van der Waals surface area contributed by atoms with Gasteiger partial charge in [0.15, 0.2) is 0 Å². The summed E-state index contributed by atoms with van der Waals surface area (Å²) in [5.41, 5.74) is 3.06. The molecule has 0 spiro atoms. The molecule has 0 saturated heterocycles. The van der Waals surface area contributed by atoms with E-state index in [0.29, 0.717) is 24.7 Å². The van der Waals surface area contributed by atoms with Gasteiger partial charge in [0.1, 0.15) is 0 Å². The normalized spacial score (nSPS) is 18.5. The SMILES string of the molecule is O=C(NCCn1ncc2c1CCOC2)C1(c2ccc(Cl)cc2)CCCC1. The third-order valence-corrected chi connectivity index (χ3v) is 5.93. The van der Waals surface area contributed by atoms with Gasteiger partial charge in [-0.15, -0.1) is 0 Å². The maximum absolute atomic E-state index is 13.1. The molecule has 1 aromatic heterocycles. The molecule has 1 fully saturated rings. The fourth-order valence-electron chi connectivity index (χ4n) is 4.24. The third-order valence-electron chi connectivity index (χ3n) is 5.67. The van der Waals surface area contributed by atoms with Crippen molar-refractivity contribution in [2.24, 2.45) is 0 Å². The number of aromatic nitrogens is 2. The summed E-state index contributed by atoms with van der Waals surface area (Å²) in [6.07, 6.45) is 6.73. The van der Waals surface area contributed by atoms with Crippen LogP contribution in [-0.2, 0) is 34.5 Å². The van der Waals surface area contributed by atoms with Crippen LogP contribution in [0.25, 0.3) is 0 Å². The maximum atomic E-state index is 13.1. The largest absolute Gasteiger partial charge is 0.376 e. The lowest BCUT2D eigenvalue weighted by Gasteiger charge is -2.28. The first-order valence-corrected chi connectivity index (χ1v) is 9.72. The van der Waals surface area contributed by atoms with E-state index in [-0.39, 0.29) is 5.91 Å². The van der Waals surface area contributed by atoms with Gasteiger partial charge in [0.2, 0.25) is 5.91 Å². The molecule has 0 unspecified atom stereocenters. The second-order valence-electron chi connectivity index (χ2n) is 7.19. The van der Waals surface area contributed by atoms with E-state index in [4.69, 9.17) is 16.3 Å². The molecule has 2 aromatic rings. The topological polar surface area (TPSA) is 56.2 Å². The minimum atomic E-state index is -0.415. The van der Waals surface area contributed by atoms with Gasteiger partial charge in [0.05, 0.1) is 31.4 Å². The van der Waals surface area contributed by atoms with Crippen LogP contribution in [0.1, 0.15) is 42.5 Å². The van der Waals surface area contributed by atoms with E-state index in [1.807, 2.05) is 35.1 Å². The molecule has 138 valence electrons. The van der Waals surface area contributed by atoms with E-state index in [9.17, 15) is 4.79 Å². The van der Waals surface area contributed by atoms with Gasteiger partial charge in [-0.3, -0.25) is 9.48 Å². The van der Waals surface area contributed by atoms with Crippen molar-refractivity contribution in [1.82, 2.24) is 15.1 Å². The van der Waals surface area contributed by atoms with Crippen molar-refractivity contribution in [3.8, 4) is 0 Å². The first-order chi connectivity index (χ1) is 12.7. The van der Waals surface area contributed by atoms with E-state index in [1.165, 1.54) is 5.69 Å². The number of nitrogens with zero attached hydrogens (tertiary/aromatic N) is 2. The number of carbonyl (C=O) groups excluding carboxylic acids is 1. The highest BCUT2D eigenvalue weighted by molar-refractivity contribution is 6.30. The third kappa shape index (κ3) is 3.26. The number of fused-ring (bicyclic) bond motifs is 1. The molecule has 2 aliphatic rings. The summed E-state index contributed by atoms with van der Waals surface area (Å²) < 4.78 is 7.46. The Morgan fingerprint density at radius 2 is 2.04 bits per heavy atom. The molecular weight excluding hydrogens is 350 g/mol. The van der Waals surface area contributed by atoms with Crippen LogP contribution >= 0.6 is 11.6 Å². The highest BCUT2D eigenvalue weighted by atomic mass is 35.5. The predicted octanol–water partition coefficient (Wildman–Crippen LogP) is 3.24. The van der Waals surface area contributed by atoms with Crippen molar-refractivity contribution in [3.05, 3.63) is 52.3 Å². The Bertz CT molecular complexity index is 779. The number of nitrogens with one attached hydrogen (secondary N) is 1. The first-order valence-electron chi connectivity index (χ1n) is 9.35. The Kier molecular flexibility index (Phi) is 5.00. The molecule has 1 aliphatic carbocycles. The van der Waals surface area contributed by atoms with E-state index < -0.39 is 5.41 Å². The summed E-state index contributed by atoms with van der Waals surface area (Å²) in [6.45, 7) is 2.66. The van der Waals surface area contributed by atoms with Crippen LogP contribution in [0.5, 0.6) is 0 Å². The number of halogens is 1. The van der Waals surface area contributed by atoms with Crippen LogP contribution in [0.4, 0.5) is 0 Å². The highest BCUT2D eigenvalue weighted by Crippen LogP contribution is 2.41. The molecule has 0 bridgehead atoms. The Morgan fingerprint density at radius 1 is 1.27 bits per heavy atom. The average Bonchev–Trinajstić information content (AvgIpc) is 3.31. The second kappa shape index (κ2) is 7.41. The smallest absolute Gasteiger partial charge is 0.230 e. The number of hydrogen-bond acceptors (Lipinski definition) is 3. The Balaban J connectivity index is 1.43. The standard InChI is InChI=1S/C20H24ClN3O2/c21-17-5-3-16(4-6-17)20(8-1-2-9-20)19(25)22-10-11-24-18-7-12-26-14-15(18)13-23-24/h3-6,13H,1-2,7-12,14H2,(H,22,25). The number of rotatable bonds is 5. The molecule has 0 atom stereocenters. The molecule has 1 N–H and O–H groups in total. The molecule has 2 heterocycles. The van der Waals surface area contributed by atoms with Crippen LogP contribution in [0.2, 0.25) is 5.02 Å². The summed E-state index contributed by atoms with van der Waals surface area (Å²) in [6, 6.07) is 7.75. The van der Waals surface area contributed by atoms with E-state index >= 15 is 0 Å². The highest BCUT2D eigenvalue weighted by Gasteiger charge is 2.42. The first kappa shape index (κ1) is 17.6. The number of benzene rings is 1. The number of carbonyl (C=O) groups is 1. The Morgan fingerprint density at radius 3 is 2.81 bits per heavy atom. The van der Waals surface area contributed by atoms with Crippen molar-refractivity contribution in [2.45, 2.75) is 50.7 Å². The van der Waals surface area contributed by atoms with E-state index in [2.05, 4.69) is 10.4 Å². The quantitative estimate of drug-likeness (QED) is 0.875. The zero-order chi connectivity index (χ0) is 18.0. The molecule has 5 nitrogen and oxygen atoms in total. The second-order valence-corrected chi connectivity index (χ2v) is 7.63. The van der Waals surface area contributed by atoms with Crippen molar-refractivity contribution in [2.75, 3.05) is 13.2 Å². The predicted molar refractivity (Wildman–Crippen MR) is 100 cm³/mol. The molecule has 1 saturated carbocycles. The zero-order valence-corrected chi connectivity index (χ0v) is 15.6. The average molecular weight is 374 g/mol. The number of ether oxygens (including phenoxy) is 1. The summed E-state index contributed by atoms with van der Waals surface area (Å²) in [7, 11) is 0. The van der Waals surface area contributed by atoms with Crippen molar-refractivity contribution >= 4 is 17.5 Å². The minimum absolute atomic E-state index is 0.127. The molecule has 26 heavy (non-hydrogen) atoms. The van der Waals surface area contributed by atoms with Crippen LogP contribution < -0.4 is 5.32 Å². The summed E-state index contributed by atoms with van der Waals surface area (Å²) in [4.78, 5) is 13.1. The van der Waals surface area contributed by atoms with Crippen LogP contribution in [-0.4, -0.2) is 28.8 Å². The zero-order valence-electron chi connectivity index (χ0n) is 14.8. The minimum Gasteiger partial charge on any atom is -0.376 e. The lowest BCUT2D eigenvalue weighted by Crippen LogP contribution is -2.43. The van der Waals surface area contributed by atoms with Gasteiger partial charge < -0.3 is 10.1 Å². The van der Waals surface area contributed by atoms with Crippen LogP contribution in [0, 0.1) is 0 Å². The van der Waals surface area contributed by atoms with Gasteiger partial charge in [-0.05, 0) is 30.5 Å². The van der Waals surface area contributed by atoms with Gasteiger partial charge in [-0.1, -0.05) is 36.6 Å². The number of amides is 1.